The molecule has 0 atom stereocenters. The molecule has 1 saturated heterocycles. The van der Waals surface area contributed by atoms with Crippen LogP contribution in [-0.2, 0) is 24.1 Å². The minimum atomic E-state index is 0.832. The van der Waals surface area contributed by atoms with Gasteiger partial charge < -0.3 is 14.2 Å². The van der Waals surface area contributed by atoms with Crippen LogP contribution in [0.2, 0.25) is 0 Å². The molecule has 2 aromatic rings. The lowest BCUT2D eigenvalue weighted by Crippen LogP contribution is -2.32. The van der Waals surface area contributed by atoms with Gasteiger partial charge in [0.15, 0.2) is 0 Å². The van der Waals surface area contributed by atoms with Gasteiger partial charge in [0.2, 0.25) is 0 Å². The fraction of sp³-hybridized carbons (Fsp3) is 0.619. The van der Waals surface area contributed by atoms with E-state index in [4.69, 9.17) is 4.74 Å². The Morgan fingerprint density at radius 1 is 0.833 bits per heavy atom. The second-order valence-corrected chi connectivity index (χ2v) is 7.32. The Bertz CT molecular complexity index is 670. The molecule has 1 aromatic carbocycles. The first kappa shape index (κ1) is 16.2. The highest BCUT2D eigenvalue weighted by atomic mass is 16.5. The molecule has 2 heterocycles. The normalized spacial score (nSPS) is 18.8. The molecule has 24 heavy (non-hydrogen) atoms. The molecular weight excluding hydrogens is 296 g/mol. The molecule has 0 saturated carbocycles. The maximum absolute atomic E-state index is 5.99. The van der Waals surface area contributed by atoms with Crippen LogP contribution in [0.25, 0.3) is 10.9 Å². The third kappa shape index (κ3) is 3.38. The summed E-state index contributed by atoms with van der Waals surface area (Å²) in [5, 5.41) is 1.47. The lowest BCUT2D eigenvalue weighted by atomic mass is 9.96. The van der Waals surface area contributed by atoms with Gasteiger partial charge in [-0.15, -0.1) is 0 Å². The predicted octanol–water partition coefficient (Wildman–Crippen LogP) is 4.02. The van der Waals surface area contributed by atoms with Gasteiger partial charge in [-0.1, -0.05) is 24.6 Å². The molecule has 0 N–H and O–H groups in total. The van der Waals surface area contributed by atoms with E-state index in [1.807, 2.05) is 0 Å². The Labute approximate surface area is 145 Å². The van der Waals surface area contributed by atoms with E-state index < -0.39 is 0 Å². The molecule has 0 radical (unpaired) electrons. The standard InChI is InChI=1S/C21H30N2O/c1-6-12-22(13-7-1)14-16-24-17-15-23-20-10-4-2-8-18(20)19-9-3-5-11-21(19)23/h2,4,8,10H,1,3,5-7,9,11-17H2. The number of piperidine rings is 1. The summed E-state index contributed by atoms with van der Waals surface area (Å²) in [5.74, 6) is 0. The summed E-state index contributed by atoms with van der Waals surface area (Å²) in [6, 6.07) is 8.92. The Morgan fingerprint density at radius 3 is 2.54 bits per heavy atom. The maximum atomic E-state index is 5.99. The average Bonchev–Trinajstić information content (AvgIpc) is 2.97. The third-order valence-electron chi connectivity index (χ3n) is 5.74. The minimum absolute atomic E-state index is 0.832. The van der Waals surface area contributed by atoms with Crippen LogP contribution < -0.4 is 0 Å². The number of hydrogen-bond donors (Lipinski definition) is 0. The Hall–Kier alpha value is -1.32. The number of fused-ring (bicyclic) bond motifs is 3. The summed E-state index contributed by atoms with van der Waals surface area (Å²) in [4.78, 5) is 2.55. The lowest BCUT2D eigenvalue weighted by molar-refractivity contribution is 0.0915. The van der Waals surface area contributed by atoms with Gasteiger partial charge in [0.1, 0.15) is 0 Å². The molecule has 3 nitrogen and oxygen atoms in total. The second-order valence-electron chi connectivity index (χ2n) is 7.32. The molecule has 0 amide bonds. The van der Waals surface area contributed by atoms with Gasteiger partial charge in [0, 0.05) is 29.7 Å². The first-order chi connectivity index (χ1) is 11.9. The van der Waals surface area contributed by atoms with Gasteiger partial charge in [0.05, 0.1) is 13.2 Å². The minimum Gasteiger partial charge on any atom is -0.378 e. The highest BCUT2D eigenvalue weighted by Crippen LogP contribution is 2.31. The number of aryl methyl sites for hydroxylation is 1. The van der Waals surface area contributed by atoms with Crippen molar-refractivity contribution in [2.24, 2.45) is 0 Å². The Balaban J connectivity index is 1.36. The number of para-hydroxylation sites is 1. The van der Waals surface area contributed by atoms with Crippen LogP contribution in [0.1, 0.15) is 43.4 Å². The van der Waals surface area contributed by atoms with E-state index in [2.05, 4.69) is 33.7 Å². The number of rotatable bonds is 6. The van der Waals surface area contributed by atoms with E-state index in [1.54, 1.807) is 11.3 Å². The molecule has 0 spiro atoms. The van der Waals surface area contributed by atoms with Gasteiger partial charge >= 0.3 is 0 Å². The first-order valence-corrected chi connectivity index (χ1v) is 9.82. The quantitative estimate of drug-likeness (QED) is 0.746. The van der Waals surface area contributed by atoms with Crippen LogP contribution in [0.5, 0.6) is 0 Å². The van der Waals surface area contributed by atoms with Crippen molar-refractivity contribution in [3.05, 3.63) is 35.5 Å². The molecule has 0 unspecified atom stereocenters. The number of nitrogens with zero attached hydrogens (tertiary/aromatic N) is 2. The van der Waals surface area contributed by atoms with Crippen molar-refractivity contribution in [3.63, 3.8) is 0 Å². The summed E-state index contributed by atoms with van der Waals surface area (Å²) in [6.07, 6.45) is 9.29. The van der Waals surface area contributed by atoms with Crippen molar-refractivity contribution in [2.45, 2.75) is 51.5 Å². The SMILES string of the molecule is c1ccc2c(c1)c1c(n2CCOCCN2CCCCC2)CCCC1. The molecule has 1 aromatic heterocycles. The lowest BCUT2D eigenvalue weighted by Gasteiger charge is -2.26. The van der Waals surface area contributed by atoms with Crippen molar-refractivity contribution in [3.8, 4) is 0 Å². The smallest absolute Gasteiger partial charge is 0.0646 e. The second kappa shape index (κ2) is 7.71. The van der Waals surface area contributed by atoms with E-state index in [9.17, 15) is 0 Å². The highest BCUT2D eigenvalue weighted by Gasteiger charge is 2.19. The van der Waals surface area contributed by atoms with Crippen LogP contribution in [0.3, 0.4) is 0 Å². The monoisotopic (exact) mass is 326 g/mol. The van der Waals surface area contributed by atoms with Crippen molar-refractivity contribution in [1.82, 2.24) is 9.47 Å². The zero-order valence-corrected chi connectivity index (χ0v) is 14.8. The van der Waals surface area contributed by atoms with Crippen LogP contribution in [0, 0.1) is 0 Å². The zero-order valence-electron chi connectivity index (χ0n) is 14.8. The summed E-state index contributed by atoms with van der Waals surface area (Å²) in [5.41, 5.74) is 4.58. The molecule has 0 bridgehead atoms. The topological polar surface area (TPSA) is 17.4 Å². The fourth-order valence-corrected chi connectivity index (χ4v) is 4.48. The Morgan fingerprint density at radius 2 is 1.62 bits per heavy atom. The van der Waals surface area contributed by atoms with E-state index >= 15 is 0 Å². The largest absolute Gasteiger partial charge is 0.378 e. The molecule has 4 rings (SSSR count). The zero-order chi connectivity index (χ0) is 16.2. The van der Waals surface area contributed by atoms with E-state index in [-0.39, 0.29) is 0 Å². The highest BCUT2D eigenvalue weighted by molar-refractivity contribution is 5.85. The van der Waals surface area contributed by atoms with Gasteiger partial charge in [-0.3, -0.25) is 0 Å². The summed E-state index contributed by atoms with van der Waals surface area (Å²) < 4.78 is 8.52. The van der Waals surface area contributed by atoms with E-state index in [0.717, 1.165) is 26.3 Å². The summed E-state index contributed by atoms with van der Waals surface area (Å²) in [7, 11) is 0. The number of benzene rings is 1. The van der Waals surface area contributed by atoms with Crippen LogP contribution in [-0.4, -0.2) is 42.3 Å². The van der Waals surface area contributed by atoms with Crippen LogP contribution >= 0.6 is 0 Å². The summed E-state index contributed by atoms with van der Waals surface area (Å²) >= 11 is 0. The van der Waals surface area contributed by atoms with Gasteiger partial charge in [-0.05, 0) is 63.2 Å². The number of hydrogen-bond acceptors (Lipinski definition) is 2. The predicted molar refractivity (Wildman–Crippen MR) is 99.7 cm³/mol. The van der Waals surface area contributed by atoms with Crippen molar-refractivity contribution >= 4 is 10.9 Å². The number of likely N-dealkylation sites (tertiary alicyclic amines) is 1. The third-order valence-corrected chi connectivity index (χ3v) is 5.74. The van der Waals surface area contributed by atoms with Crippen LogP contribution in [0.4, 0.5) is 0 Å². The van der Waals surface area contributed by atoms with E-state index in [1.165, 1.54) is 68.9 Å². The van der Waals surface area contributed by atoms with Gasteiger partial charge in [0.25, 0.3) is 0 Å². The van der Waals surface area contributed by atoms with Crippen molar-refractivity contribution in [1.29, 1.82) is 0 Å². The number of ether oxygens (including phenoxy) is 1. The molecule has 1 fully saturated rings. The Kier molecular flexibility index (Phi) is 5.19. The molecule has 2 aliphatic rings. The van der Waals surface area contributed by atoms with E-state index in [0.29, 0.717) is 0 Å². The average molecular weight is 326 g/mol. The fourth-order valence-electron chi connectivity index (χ4n) is 4.48. The van der Waals surface area contributed by atoms with Crippen molar-refractivity contribution in [2.75, 3.05) is 32.8 Å². The first-order valence-electron chi connectivity index (χ1n) is 9.82. The molecule has 1 aliphatic heterocycles. The molecule has 3 heteroatoms. The maximum Gasteiger partial charge on any atom is 0.0646 e. The van der Waals surface area contributed by atoms with Crippen molar-refractivity contribution < 1.29 is 4.74 Å². The molecule has 130 valence electrons. The number of aromatic nitrogens is 1. The van der Waals surface area contributed by atoms with Gasteiger partial charge in [-0.25, -0.2) is 0 Å². The molecular formula is C21H30N2O. The van der Waals surface area contributed by atoms with Crippen LogP contribution in [0.15, 0.2) is 24.3 Å². The summed E-state index contributed by atoms with van der Waals surface area (Å²) in [6.45, 7) is 6.33. The molecule has 1 aliphatic carbocycles. The van der Waals surface area contributed by atoms with Gasteiger partial charge in [-0.2, -0.15) is 0 Å².